The summed E-state index contributed by atoms with van der Waals surface area (Å²) < 4.78 is 42.7. The van der Waals surface area contributed by atoms with Gasteiger partial charge in [0.1, 0.15) is 11.6 Å². The van der Waals surface area contributed by atoms with Gasteiger partial charge in [-0.05, 0) is 48.9 Å². The molecule has 0 amide bonds. The van der Waals surface area contributed by atoms with Crippen molar-refractivity contribution >= 4 is 11.8 Å². The topological polar surface area (TPSA) is 57.4 Å². The fraction of sp³-hybridized carbons (Fsp3) is 0.222. The van der Waals surface area contributed by atoms with E-state index in [-0.39, 0.29) is 11.6 Å². The van der Waals surface area contributed by atoms with E-state index in [2.05, 4.69) is 10.2 Å². The second-order valence-corrected chi connectivity index (χ2v) is 6.30. The van der Waals surface area contributed by atoms with Crippen LogP contribution in [0.15, 0.2) is 52.1 Å². The molecule has 0 aliphatic heterocycles. The summed E-state index contributed by atoms with van der Waals surface area (Å²) in [7, 11) is 1.42. The number of nitrogens with zero attached hydrogens (tertiary/aromatic N) is 2. The molecule has 0 saturated heterocycles. The standard InChI is InChI=1S/C18H16F2N2O3S/c1-11(24-14-6-4-13(19)5-7-14)17-21-22-18(25-17)26-10-12-3-8-16(23-2)15(20)9-12/h3-9,11H,10H2,1-2H3/t11-/m0/s1. The zero-order valence-electron chi connectivity index (χ0n) is 14.1. The van der Waals surface area contributed by atoms with Gasteiger partial charge in [0.25, 0.3) is 11.1 Å². The van der Waals surface area contributed by atoms with Crippen molar-refractivity contribution in [2.45, 2.75) is 24.0 Å². The lowest BCUT2D eigenvalue weighted by Crippen LogP contribution is -2.03. The second-order valence-electron chi connectivity index (χ2n) is 5.38. The highest BCUT2D eigenvalue weighted by molar-refractivity contribution is 7.98. The molecule has 5 nitrogen and oxygen atoms in total. The maximum absolute atomic E-state index is 13.7. The number of halogens is 2. The highest BCUT2D eigenvalue weighted by Gasteiger charge is 2.16. The molecule has 0 unspecified atom stereocenters. The van der Waals surface area contributed by atoms with Crippen molar-refractivity contribution in [1.82, 2.24) is 10.2 Å². The van der Waals surface area contributed by atoms with Gasteiger partial charge in [-0.1, -0.05) is 17.8 Å². The van der Waals surface area contributed by atoms with Gasteiger partial charge < -0.3 is 13.9 Å². The van der Waals surface area contributed by atoms with Gasteiger partial charge in [-0.25, -0.2) is 8.78 Å². The van der Waals surface area contributed by atoms with E-state index in [0.717, 1.165) is 5.56 Å². The van der Waals surface area contributed by atoms with Crippen LogP contribution in [0.3, 0.4) is 0 Å². The Labute approximate surface area is 153 Å². The summed E-state index contributed by atoms with van der Waals surface area (Å²) in [4.78, 5) is 0. The van der Waals surface area contributed by atoms with Crippen molar-refractivity contribution < 1.29 is 22.7 Å². The van der Waals surface area contributed by atoms with Gasteiger partial charge in [0.2, 0.25) is 0 Å². The average Bonchev–Trinajstić information content (AvgIpc) is 3.11. The Morgan fingerprint density at radius 1 is 1.12 bits per heavy atom. The molecular weight excluding hydrogens is 362 g/mol. The zero-order chi connectivity index (χ0) is 18.5. The lowest BCUT2D eigenvalue weighted by atomic mass is 10.2. The van der Waals surface area contributed by atoms with Gasteiger partial charge in [-0.15, -0.1) is 10.2 Å². The van der Waals surface area contributed by atoms with Gasteiger partial charge in [-0.2, -0.15) is 0 Å². The molecule has 0 fully saturated rings. The normalized spacial score (nSPS) is 12.0. The largest absolute Gasteiger partial charge is 0.494 e. The van der Waals surface area contributed by atoms with E-state index in [1.165, 1.54) is 49.2 Å². The highest BCUT2D eigenvalue weighted by atomic mass is 32.2. The summed E-state index contributed by atoms with van der Waals surface area (Å²) in [6, 6.07) is 10.4. The summed E-state index contributed by atoms with van der Waals surface area (Å²) in [6.45, 7) is 1.75. The van der Waals surface area contributed by atoms with Gasteiger partial charge in [-0.3, -0.25) is 0 Å². The van der Waals surface area contributed by atoms with Crippen molar-refractivity contribution in [3.05, 3.63) is 65.6 Å². The fourth-order valence-electron chi connectivity index (χ4n) is 2.16. The molecule has 0 aliphatic rings. The van der Waals surface area contributed by atoms with Crippen LogP contribution in [0, 0.1) is 11.6 Å². The quantitative estimate of drug-likeness (QED) is 0.551. The van der Waals surface area contributed by atoms with Crippen LogP contribution in [-0.2, 0) is 5.75 Å². The molecule has 8 heteroatoms. The first-order valence-electron chi connectivity index (χ1n) is 7.76. The number of benzene rings is 2. The number of aromatic nitrogens is 2. The van der Waals surface area contributed by atoms with Crippen molar-refractivity contribution in [3.8, 4) is 11.5 Å². The van der Waals surface area contributed by atoms with Crippen LogP contribution in [-0.4, -0.2) is 17.3 Å². The van der Waals surface area contributed by atoms with Crippen molar-refractivity contribution in [2.75, 3.05) is 7.11 Å². The van der Waals surface area contributed by atoms with Crippen LogP contribution < -0.4 is 9.47 Å². The van der Waals surface area contributed by atoms with Crippen LogP contribution in [0.1, 0.15) is 24.5 Å². The summed E-state index contributed by atoms with van der Waals surface area (Å²) >= 11 is 1.29. The van der Waals surface area contributed by atoms with E-state index in [1.807, 2.05) is 0 Å². The van der Waals surface area contributed by atoms with E-state index < -0.39 is 11.9 Å². The Balaban J connectivity index is 1.58. The first-order valence-corrected chi connectivity index (χ1v) is 8.74. The Morgan fingerprint density at radius 2 is 1.88 bits per heavy atom. The summed E-state index contributed by atoms with van der Waals surface area (Å²) in [6.07, 6.45) is -0.485. The van der Waals surface area contributed by atoms with Crippen molar-refractivity contribution in [1.29, 1.82) is 0 Å². The van der Waals surface area contributed by atoms with Crippen LogP contribution in [0.25, 0.3) is 0 Å². The SMILES string of the molecule is COc1ccc(CSc2nnc([C@H](C)Oc3ccc(F)cc3)o2)cc1F. The molecule has 0 spiro atoms. The number of hydrogen-bond acceptors (Lipinski definition) is 6. The van der Waals surface area contributed by atoms with E-state index in [9.17, 15) is 8.78 Å². The minimum Gasteiger partial charge on any atom is -0.494 e. The third-order valence-corrected chi connectivity index (χ3v) is 4.36. The minimum absolute atomic E-state index is 0.200. The molecule has 1 aromatic heterocycles. The van der Waals surface area contributed by atoms with Crippen molar-refractivity contribution in [3.63, 3.8) is 0 Å². The Morgan fingerprint density at radius 3 is 2.58 bits per heavy atom. The molecule has 0 radical (unpaired) electrons. The van der Waals surface area contributed by atoms with Crippen molar-refractivity contribution in [2.24, 2.45) is 0 Å². The summed E-state index contributed by atoms with van der Waals surface area (Å²) in [5, 5.41) is 8.26. The van der Waals surface area contributed by atoms with Gasteiger partial charge in [0, 0.05) is 5.75 Å². The predicted octanol–water partition coefficient (Wildman–Crippen LogP) is 4.79. The fourth-order valence-corrected chi connectivity index (χ4v) is 2.87. The molecule has 0 bridgehead atoms. The first kappa shape index (κ1) is 18.2. The molecule has 0 N–H and O–H groups in total. The van der Waals surface area contributed by atoms with Gasteiger partial charge >= 0.3 is 0 Å². The molecule has 3 aromatic rings. The third kappa shape index (κ3) is 4.51. The van der Waals surface area contributed by atoms with Gasteiger partial charge in [0.15, 0.2) is 17.7 Å². The molecule has 3 rings (SSSR count). The molecule has 1 heterocycles. The number of hydrogen-bond donors (Lipinski definition) is 0. The molecule has 136 valence electrons. The maximum Gasteiger partial charge on any atom is 0.277 e. The number of thioether (sulfide) groups is 1. The molecule has 0 saturated carbocycles. The van der Waals surface area contributed by atoms with E-state index in [0.29, 0.717) is 22.6 Å². The highest BCUT2D eigenvalue weighted by Crippen LogP contribution is 2.27. The lowest BCUT2D eigenvalue weighted by Gasteiger charge is -2.10. The summed E-state index contributed by atoms with van der Waals surface area (Å²) in [5.74, 6) is 0.716. The molecular formula is C18H16F2N2O3S. The number of ether oxygens (including phenoxy) is 2. The monoisotopic (exact) mass is 378 g/mol. The Bertz CT molecular complexity index is 871. The number of rotatable bonds is 7. The third-order valence-electron chi connectivity index (χ3n) is 3.47. The molecule has 26 heavy (non-hydrogen) atoms. The minimum atomic E-state index is -0.485. The van der Waals surface area contributed by atoms with Gasteiger partial charge in [0.05, 0.1) is 7.11 Å². The molecule has 1 atom stereocenters. The second kappa shape index (κ2) is 8.18. The van der Waals surface area contributed by atoms with Crippen LogP contribution in [0.4, 0.5) is 8.78 Å². The van der Waals surface area contributed by atoms with E-state index in [1.54, 1.807) is 19.1 Å². The Hall–Kier alpha value is -2.61. The maximum atomic E-state index is 13.7. The molecule has 2 aromatic carbocycles. The Kier molecular flexibility index (Phi) is 5.72. The average molecular weight is 378 g/mol. The first-order chi connectivity index (χ1) is 12.5. The van der Waals surface area contributed by atoms with E-state index in [4.69, 9.17) is 13.9 Å². The van der Waals surface area contributed by atoms with Crippen LogP contribution >= 0.6 is 11.8 Å². The van der Waals surface area contributed by atoms with E-state index >= 15 is 0 Å². The zero-order valence-corrected chi connectivity index (χ0v) is 14.9. The predicted molar refractivity (Wildman–Crippen MR) is 92.3 cm³/mol. The van der Waals surface area contributed by atoms with Crippen LogP contribution in [0.2, 0.25) is 0 Å². The lowest BCUT2D eigenvalue weighted by molar-refractivity contribution is 0.181. The molecule has 0 aliphatic carbocycles. The van der Waals surface area contributed by atoms with Crippen LogP contribution in [0.5, 0.6) is 11.5 Å². The number of methoxy groups -OCH3 is 1. The smallest absolute Gasteiger partial charge is 0.277 e. The summed E-state index contributed by atoms with van der Waals surface area (Å²) in [5.41, 5.74) is 0.767.